The molecule has 4 nitrogen and oxygen atoms in total. The Morgan fingerprint density at radius 3 is 2.61 bits per heavy atom. The van der Waals surface area contributed by atoms with Gasteiger partial charge in [0.15, 0.2) is 0 Å². The van der Waals surface area contributed by atoms with Gasteiger partial charge in [-0.1, -0.05) is 20.3 Å². The number of nitrogens with zero attached hydrogens (tertiary/aromatic N) is 3. The number of aromatic nitrogens is 2. The predicted molar refractivity (Wildman–Crippen MR) is 76.3 cm³/mol. The Morgan fingerprint density at radius 1 is 1.17 bits per heavy atom. The van der Waals surface area contributed by atoms with E-state index in [0.717, 1.165) is 50.5 Å². The lowest BCUT2D eigenvalue weighted by Gasteiger charge is -2.21. The Kier molecular flexibility index (Phi) is 4.79. The monoisotopic (exact) mass is 248 g/mol. The van der Waals surface area contributed by atoms with E-state index in [4.69, 9.17) is 0 Å². The number of rotatable bonds is 6. The molecule has 0 atom stereocenters. The quantitative estimate of drug-likeness (QED) is 0.840. The lowest BCUT2D eigenvalue weighted by Crippen LogP contribution is -2.22. The number of anilines is 2. The zero-order valence-electron chi connectivity index (χ0n) is 11.6. The molecule has 0 unspecified atom stereocenters. The summed E-state index contributed by atoms with van der Waals surface area (Å²) in [6, 6.07) is 0. The third-order valence-electron chi connectivity index (χ3n) is 3.37. The molecule has 0 saturated carbocycles. The molecule has 2 heterocycles. The van der Waals surface area contributed by atoms with Crippen LogP contribution >= 0.6 is 0 Å². The van der Waals surface area contributed by atoms with E-state index in [1.165, 1.54) is 18.4 Å². The minimum atomic E-state index is 0.979. The van der Waals surface area contributed by atoms with E-state index in [1.807, 2.05) is 0 Å². The molecule has 0 amide bonds. The summed E-state index contributed by atoms with van der Waals surface area (Å²) < 4.78 is 0. The van der Waals surface area contributed by atoms with Crippen molar-refractivity contribution in [3.63, 3.8) is 0 Å². The summed E-state index contributed by atoms with van der Waals surface area (Å²) in [5.74, 6) is 2.19. The van der Waals surface area contributed by atoms with Crippen LogP contribution < -0.4 is 10.2 Å². The van der Waals surface area contributed by atoms with Crippen molar-refractivity contribution in [3.05, 3.63) is 11.9 Å². The van der Waals surface area contributed by atoms with Crippen LogP contribution in [0, 0.1) is 0 Å². The number of nitrogens with one attached hydrogen (secondary N) is 1. The minimum Gasteiger partial charge on any atom is -0.370 e. The van der Waals surface area contributed by atoms with Gasteiger partial charge in [0, 0.05) is 25.2 Å². The molecule has 0 spiro atoms. The third kappa shape index (κ3) is 2.92. The standard InChI is InChI=1S/C14H24N4/c1-3-7-12-13(15-8-4-2)16-11-17-14(12)18-9-5-6-10-18/h11H,3-10H2,1-2H3,(H,15,16,17). The molecule has 2 rings (SSSR count). The molecule has 0 aromatic carbocycles. The normalized spacial score (nSPS) is 15.1. The molecule has 1 aliphatic rings. The maximum atomic E-state index is 4.52. The molecule has 1 aliphatic heterocycles. The van der Waals surface area contributed by atoms with Gasteiger partial charge in [-0.15, -0.1) is 0 Å². The van der Waals surface area contributed by atoms with E-state index in [9.17, 15) is 0 Å². The van der Waals surface area contributed by atoms with Gasteiger partial charge in [-0.3, -0.25) is 0 Å². The van der Waals surface area contributed by atoms with Gasteiger partial charge in [0.1, 0.15) is 18.0 Å². The van der Waals surface area contributed by atoms with Gasteiger partial charge >= 0.3 is 0 Å². The Morgan fingerprint density at radius 2 is 1.94 bits per heavy atom. The van der Waals surface area contributed by atoms with Gasteiger partial charge in [-0.25, -0.2) is 9.97 Å². The summed E-state index contributed by atoms with van der Waals surface area (Å²) in [5.41, 5.74) is 1.30. The summed E-state index contributed by atoms with van der Waals surface area (Å²) in [7, 11) is 0. The average Bonchev–Trinajstić information content (AvgIpc) is 2.91. The first-order valence-corrected chi connectivity index (χ1v) is 7.19. The molecule has 100 valence electrons. The van der Waals surface area contributed by atoms with E-state index in [-0.39, 0.29) is 0 Å². The van der Waals surface area contributed by atoms with Crippen molar-refractivity contribution in [1.29, 1.82) is 0 Å². The highest BCUT2D eigenvalue weighted by Crippen LogP contribution is 2.27. The van der Waals surface area contributed by atoms with Crippen molar-refractivity contribution in [3.8, 4) is 0 Å². The second-order valence-electron chi connectivity index (χ2n) is 4.90. The summed E-state index contributed by atoms with van der Waals surface area (Å²) in [6.07, 6.45) is 7.58. The molecule has 0 bridgehead atoms. The Balaban J connectivity index is 2.25. The lowest BCUT2D eigenvalue weighted by molar-refractivity contribution is 0.852. The summed E-state index contributed by atoms with van der Waals surface area (Å²) in [5, 5.41) is 3.43. The first kappa shape index (κ1) is 13.1. The SMILES string of the molecule is CCCNc1ncnc(N2CCCC2)c1CCC. The van der Waals surface area contributed by atoms with Gasteiger partial charge < -0.3 is 10.2 Å². The third-order valence-corrected chi connectivity index (χ3v) is 3.37. The summed E-state index contributed by atoms with van der Waals surface area (Å²) >= 11 is 0. The molecule has 0 aliphatic carbocycles. The van der Waals surface area contributed by atoms with Crippen molar-refractivity contribution < 1.29 is 0 Å². The molecule has 1 saturated heterocycles. The van der Waals surface area contributed by atoms with E-state index in [2.05, 4.69) is 34.0 Å². The van der Waals surface area contributed by atoms with Gasteiger partial charge in [0.05, 0.1) is 0 Å². The number of hydrogen-bond acceptors (Lipinski definition) is 4. The highest BCUT2D eigenvalue weighted by atomic mass is 15.2. The van der Waals surface area contributed by atoms with Crippen LogP contribution in [0.15, 0.2) is 6.33 Å². The first-order chi connectivity index (χ1) is 8.86. The lowest BCUT2D eigenvalue weighted by atomic mass is 10.1. The minimum absolute atomic E-state index is 0.979. The predicted octanol–water partition coefficient (Wildman–Crippen LogP) is 2.85. The average molecular weight is 248 g/mol. The molecule has 4 heteroatoms. The van der Waals surface area contributed by atoms with Gasteiger partial charge in [-0.2, -0.15) is 0 Å². The van der Waals surface area contributed by atoms with Gasteiger partial charge in [0.2, 0.25) is 0 Å². The maximum Gasteiger partial charge on any atom is 0.137 e. The van der Waals surface area contributed by atoms with Crippen LogP contribution in [0.2, 0.25) is 0 Å². The van der Waals surface area contributed by atoms with Gasteiger partial charge in [0.25, 0.3) is 0 Å². The zero-order valence-corrected chi connectivity index (χ0v) is 11.6. The largest absolute Gasteiger partial charge is 0.370 e. The van der Waals surface area contributed by atoms with Crippen LogP contribution in [0.25, 0.3) is 0 Å². The van der Waals surface area contributed by atoms with E-state index < -0.39 is 0 Å². The zero-order chi connectivity index (χ0) is 12.8. The maximum absolute atomic E-state index is 4.52. The van der Waals surface area contributed by atoms with E-state index >= 15 is 0 Å². The summed E-state index contributed by atoms with van der Waals surface area (Å²) in [4.78, 5) is 11.3. The summed E-state index contributed by atoms with van der Waals surface area (Å²) in [6.45, 7) is 7.65. The molecule has 1 aromatic rings. The molecule has 1 fully saturated rings. The van der Waals surface area contributed by atoms with Crippen LogP contribution in [-0.4, -0.2) is 29.6 Å². The molecular weight excluding hydrogens is 224 g/mol. The Hall–Kier alpha value is -1.32. The highest BCUT2D eigenvalue weighted by molar-refractivity contribution is 5.59. The second kappa shape index (κ2) is 6.57. The molecule has 1 N–H and O–H groups in total. The Labute approximate surface area is 110 Å². The van der Waals surface area contributed by atoms with Crippen molar-refractivity contribution in [1.82, 2.24) is 9.97 Å². The molecule has 1 aromatic heterocycles. The fourth-order valence-corrected chi connectivity index (χ4v) is 2.48. The topological polar surface area (TPSA) is 41.1 Å². The van der Waals surface area contributed by atoms with Crippen LogP contribution in [-0.2, 0) is 6.42 Å². The van der Waals surface area contributed by atoms with E-state index in [1.54, 1.807) is 6.33 Å². The number of hydrogen-bond donors (Lipinski definition) is 1. The molecule has 18 heavy (non-hydrogen) atoms. The highest BCUT2D eigenvalue weighted by Gasteiger charge is 2.19. The van der Waals surface area contributed by atoms with Gasteiger partial charge in [-0.05, 0) is 25.7 Å². The van der Waals surface area contributed by atoms with Crippen molar-refractivity contribution in [2.45, 2.75) is 46.0 Å². The van der Waals surface area contributed by atoms with Crippen LogP contribution in [0.1, 0.15) is 45.1 Å². The molecule has 0 radical (unpaired) electrons. The van der Waals surface area contributed by atoms with Crippen LogP contribution in [0.4, 0.5) is 11.6 Å². The Bertz CT molecular complexity index is 372. The van der Waals surface area contributed by atoms with Crippen LogP contribution in [0.5, 0.6) is 0 Å². The van der Waals surface area contributed by atoms with Crippen molar-refractivity contribution in [2.24, 2.45) is 0 Å². The fraction of sp³-hybridized carbons (Fsp3) is 0.714. The van der Waals surface area contributed by atoms with Crippen LogP contribution in [0.3, 0.4) is 0 Å². The second-order valence-corrected chi connectivity index (χ2v) is 4.90. The first-order valence-electron chi connectivity index (χ1n) is 7.19. The fourth-order valence-electron chi connectivity index (χ4n) is 2.48. The smallest absolute Gasteiger partial charge is 0.137 e. The van der Waals surface area contributed by atoms with Crippen molar-refractivity contribution >= 4 is 11.6 Å². The van der Waals surface area contributed by atoms with E-state index in [0.29, 0.717) is 0 Å². The van der Waals surface area contributed by atoms with Crippen molar-refractivity contribution in [2.75, 3.05) is 29.9 Å². The molecular formula is C14H24N4.